The van der Waals surface area contributed by atoms with Crippen LogP contribution in [0.2, 0.25) is 10.0 Å². The Hall–Kier alpha value is -2.59. The van der Waals surface area contributed by atoms with Crippen molar-refractivity contribution < 1.29 is 18.0 Å². The van der Waals surface area contributed by atoms with Crippen molar-refractivity contribution in [2.75, 3.05) is 10.8 Å². The average Bonchev–Trinajstić information content (AvgIpc) is 2.91. The molecule has 0 aromatic heterocycles. The molecule has 39 heavy (non-hydrogen) atoms. The standard InChI is InChI=1S/C28H30BrCl2N3O4S/c1-4-19(2)32-28(36)20(3)33(17-21-9-8-10-22(29)15-21)27(35)18-34(26-16-23(30)13-14-25(26)31)39(37,38)24-11-6-5-7-12-24/h5-16,19-20H,4,17-18H2,1-3H3,(H,32,36)/t19-,20-/m1/s1. The fraction of sp³-hybridized carbons (Fsp3) is 0.286. The highest BCUT2D eigenvalue weighted by Crippen LogP contribution is 2.33. The fourth-order valence-electron chi connectivity index (χ4n) is 3.79. The van der Waals surface area contributed by atoms with Crippen molar-refractivity contribution in [2.24, 2.45) is 0 Å². The van der Waals surface area contributed by atoms with Crippen LogP contribution in [0.15, 0.2) is 82.2 Å². The molecule has 0 unspecified atom stereocenters. The maximum atomic E-state index is 13.9. The van der Waals surface area contributed by atoms with Gasteiger partial charge in [-0.3, -0.25) is 13.9 Å². The van der Waals surface area contributed by atoms with E-state index in [9.17, 15) is 18.0 Å². The van der Waals surface area contributed by atoms with Crippen molar-refractivity contribution in [1.82, 2.24) is 10.2 Å². The van der Waals surface area contributed by atoms with Crippen molar-refractivity contribution >= 4 is 66.7 Å². The first-order valence-electron chi connectivity index (χ1n) is 12.3. The van der Waals surface area contributed by atoms with Gasteiger partial charge in [0.2, 0.25) is 11.8 Å². The van der Waals surface area contributed by atoms with Gasteiger partial charge in [0.1, 0.15) is 12.6 Å². The second-order valence-electron chi connectivity index (χ2n) is 9.07. The molecule has 2 amide bonds. The minimum atomic E-state index is -4.24. The largest absolute Gasteiger partial charge is 0.352 e. The molecule has 11 heteroatoms. The molecule has 3 aromatic carbocycles. The van der Waals surface area contributed by atoms with Crippen LogP contribution in [0.3, 0.4) is 0 Å². The summed E-state index contributed by atoms with van der Waals surface area (Å²) in [6, 6.07) is 18.5. The van der Waals surface area contributed by atoms with Crippen LogP contribution in [-0.2, 0) is 26.2 Å². The topological polar surface area (TPSA) is 86.8 Å². The Morgan fingerprint density at radius 1 is 0.974 bits per heavy atom. The smallest absolute Gasteiger partial charge is 0.264 e. The molecule has 7 nitrogen and oxygen atoms in total. The van der Waals surface area contributed by atoms with E-state index in [-0.39, 0.29) is 39.1 Å². The molecule has 3 rings (SSSR count). The third kappa shape index (κ3) is 7.97. The maximum absolute atomic E-state index is 13.9. The zero-order valence-electron chi connectivity index (χ0n) is 21.8. The second-order valence-corrected chi connectivity index (χ2v) is 12.7. The summed E-state index contributed by atoms with van der Waals surface area (Å²) in [7, 11) is -4.24. The highest BCUT2D eigenvalue weighted by Gasteiger charge is 2.33. The number of hydrogen-bond donors (Lipinski definition) is 1. The number of rotatable bonds is 11. The van der Waals surface area contributed by atoms with Gasteiger partial charge < -0.3 is 10.2 Å². The predicted octanol–water partition coefficient (Wildman–Crippen LogP) is 6.28. The minimum Gasteiger partial charge on any atom is -0.352 e. The maximum Gasteiger partial charge on any atom is 0.264 e. The number of amides is 2. The van der Waals surface area contributed by atoms with E-state index >= 15 is 0 Å². The summed E-state index contributed by atoms with van der Waals surface area (Å²) in [5.74, 6) is -0.928. The van der Waals surface area contributed by atoms with Crippen LogP contribution >= 0.6 is 39.1 Å². The zero-order chi connectivity index (χ0) is 28.7. The molecule has 0 saturated carbocycles. The van der Waals surface area contributed by atoms with Gasteiger partial charge in [0.15, 0.2) is 0 Å². The number of carbonyl (C=O) groups is 2. The van der Waals surface area contributed by atoms with Gasteiger partial charge in [-0.05, 0) is 68.3 Å². The average molecular weight is 655 g/mol. The van der Waals surface area contributed by atoms with Crippen molar-refractivity contribution in [3.63, 3.8) is 0 Å². The van der Waals surface area contributed by atoms with Gasteiger partial charge in [0.25, 0.3) is 10.0 Å². The van der Waals surface area contributed by atoms with Gasteiger partial charge in [-0.1, -0.05) is 76.4 Å². The summed E-state index contributed by atoms with van der Waals surface area (Å²) in [6.45, 7) is 4.92. The van der Waals surface area contributed by atoms with E-state index in [0.717, 1.165) is 14.3 Å². The molecule has 0 heterocycles. The van der Waals surface area contributed by atoms with Crippen LogP contribution in [0, 0.1) is 0 Å². The Bertz CT molecular complexity index is 1420. The van der Waals surface area contributed by atoms with Crippen LogP contribution in [-0.4, -0.2) is 43.8 Å². The lowest BCUT2D eigenvalue weighted by atomic mass is 10.1. The van der Waals surface area contributed by atoms with E-state index in [0.29, 0.717) is 6.42 Å². The van der Waals surface area contributed by atoms with Crippen LogP contribution in [0.1, 0.15) is 32.8 Å². The van der Waals surface area contributed by atoms with E-state index < -0.39 is 28.5 Å². The molecule has 0 aliphatic heterocycles. The monoisotopic (exact) mass is 653 g/mol. The molecule has 0 saturated heterocycles. The van der Waals surface area contributed by atoms with Gasteiger partial charge in [-0.15, -0.1) is 0 Å². The number of benzene rings is 3. The van der Waals surface area contributed by atoms with E-state index in [1.54, 1.807) is 25.1 Å². The van der Waals surface area contributed by atoms with Crippen molar-refractivity contribution in [2.45, 2.75) is 50.7 Å². The number of halogens is 3. The number of sulfonamides is 1. The molecule has 3 aromatic rings. The van der Waals surface area contributed by atoms with Crippen molar-refractivity contribution in [3.05, 3.63) is 92.9 Å². The van der Waals surface area contributed by atoms with Crippen molar-refractivity contribution in [3.8, 4) is 0 Å². The lowest BCUT2D eigenvalue weighted by Gasteiger charge is -2.32. The number of anilines is 1. The molecule has 0 aliphatic rings. The first-order chi connectivity index (χ1) is 18.4. The Morgan fingerprint density at radius 2 is 1.67 bits per heavy atom. The molecular formula is C28H30BrCl2N3O4S. The minimum absolute atomic E-state index is 0.0186. The Balaban J connectivity index is 2.06. The molecular weight excluding hydrogens is 625 g/mol. The summed E-state index contributed by atoms with van der Waals surface area (Å²) >= 11 is 16.1. The molecule has 208 valence electrons. The zero-order valence-corrected chi connectivity index (χ0v) is 25.7. The SMILES string of the molecule is CC[C@@H](C)NC(=O)[C@@H](C)N(Cc1cccc(Br)c1)C(=O)CN(c1cc(Cl)ccc1Cl)S(=O)(=O)c1ccccc1. The third-order valence-corrected chi connectivity index (χ3v) is 9.02. The number of hydrogen-bond acceptors (Lipinski definition) is 4. The summed E-state index contributed by atoms with van der Waals surface area (Å²) in [6.07, 6.45) is 0.717. The molecule has 2 atom stereocenters. The summed E-state index contributed by atoms with van der Waals surface area (Å²) in [5.41, 5.74) is 0.819. The van der Waals surface area contributed by atoms with Gasteiger partial charge in [-0.25, -0.2) is 8.42 Å². The Morgan fingerprint density at radius 3 is 2.31 bits per heavy atom. The van der Waals surface area contributed by atoms with Gasteiger partial charge in [0, 0.05) is 22.1 Å². The predicted molar refractivity (Wildman–Crippen MR) is 159 cm³/mol. The van der Waals surface area contributed by atoms with Gasteiger partial charge in [0.05, 0.1) is 15.6 Å². The van der Waals surface area contributed by atoms with Gasteiger partial charge in [-0.2, -0.15) is 0 Å². The molecule has 0 aliphatic carbocycles. The number of nitrogens with one attached hydrogen (secondary N) is 1. The first kappa shape index (κ1) is 30.9. The normalized spacial score (nSPS) is 12.9. The van der Waals surface area contributed by atoms with Crippen LogP contribution < -0.4 is 9.62 Å². The summed E-state index contributed by atoms with van der Waals surface area (Å²) in [5, 5.41) is 3.26. The summed E-state index contributed by atoms with van der Waals surface area (Å²) < 4.78 is 29.4. The number of carbonyl (C=O) groups excluding carboxylic acids is 2. The van der Waals surface area contributed by atoms with Crippen LogP contribution in [0.4, 0.5) is 5.69 Å². The summed E-state index contributed by atoms with van der Waals surface area (Å²) in [4.78, 5) is 28.4. The van der Waals surface area contributed by atoms with Crippen LogP contribution in [0.5, 0.6) is 0 Å². The highest BCUT2D eigenvalue weighted by molar-refractivity contribution is 9.10. The number of nitrogens with zero attached hydrogens (tertiary/aromatic N) is 2. The van der Waals surface area contributed by atoms with E-state index in [2.05, 4.69) is 21.2 Å². The van der Waals surface area contributed by atoms with Gasteiger partial charge >= 0.3 is 0 Å². The van der Waals surface area contributed by atoms with E-state index in [1.165, 1.54) is 35.2 Å². The molecule has 0 spiro atoms. The Kier molecular flexibility index (Phi) is 10.8. The molecule has 0 radical (unpaired) electrons. The second kappa shape index (κ2) is 13.7. The fourth-order valence-corrected chi connectivity index (χ4v) is 6.12. The Labute approximate surface area is 248 Å². The third-order valence-electron chi connectivity index (χ3n) is 6.20. The first-order valence-corrected chi connectivity index (χ1v) is 15.3. The highest BCUT2D eigenvalue weighted by atomic mass is 79.9. The van der Waals surface area contributed by atoms with Crippen molar-refractivity contribution in [1.29, 1.82) is 0 Å². The lowest BCUT2D eigenvalue weighted by molar-refractivity contribution is -0.139. The quantitative estimate of drug-likeness (QED) is 0.264. The molecule has 1 N–H and O–H groups in total. The van der Waals surface area contributed by atoms with E-state index in [4.69, 9.17) is 23.2 Å². The lowest BCUT2D eigenvalue weighted by Crippen LogP contribution is -2.52. The van der Waals surface area contributed by atoms with E-state index in [1.807, 2.05) is 38.1 Å². The van der Waals surface area contributed by atoms with Crippen LogP contribution in [0.25, 0.3) is 0 Å². The molecule has 0 bridgehead atoms. The molecule has 0 fully saturated rings.